The first-order valence-electron chi connectivity index (χ1n) is 6.79. The summed E-state index contributed by atoms with van der Waals surface area (Å²) in [5.41, 5.74) is 3.28. The molecule has 0 aliphatic heterocycles. The first-order chi connectivity index (χ1) is 10.5. The van der Waals surface area contributed by atoms with Crippen molar-refractivity contribution in [1.29, 1.82) is 5.26 Å². The minimum absolute atomic E-state index is 0.0226. The predicted octanol–water partition coefficient (Wildman–Crippen LogP) is 3.55. The third-order valence-corrected chi connectivity index (χ3v) is 3.18. The number of aromatic hydroxyl groups is 1. The van der Waals surface area contributed by atoms with Crippen molar-refractivity contribution in [3.63, 3.8) is 0 Å². The monoisotopic (exact) mass is 292 g/mol. The smallest absolute Gasteiger partial charge is 0.266 e. The quantitative estimate of drug-likeness (QED) is 0.671. The number of benzene rings is 2. The summed E-state index contributed by atoms with van der Waals surface area (Å²) in [5, 5.41) is 21.3. The second-order valence-corrected chi connectivity index (χ2v) is 5.04. The van der Waals surface area contributed by atoms with E-state index in [1.54, 1.807) is 12.1 Å². The zero-order chi connectivity index (χ0) is 16.1. The number of nitriles is 1. The predicted molar refractivity (Wildman–Crippen MR) is 86.2 cm³/mol. The summed E-state index contributed by atoms with van der Waals surface area (Å²) >= 11 is 0. The molecular formula is C18H16N2O2. The molecule has 0 aromatic heterocycles. The zero-order valence-electron chi connectivity index (χ0n) is 12.4. The van der Waals surface area contributed by atoms with E-state index in [1.165, 1.54) is 18.2 Å². The summed E-state index contributed by atoms with van der Waals surface area (Å²) in [7, 11) is 0. The zero-order valence-corrected chi connectivity index (χ0v) is 12.4. The van der Waals surface area contributed by atoms with Crippen LogP contribution in [0.5, 0.6) is 5.75 Å². The number of nitrogens with one attached hydrogen (secondary N) is 1. The molecule has 0 bridgehead atoms. The summed E-state index contributed by atoms with van der Waals surface area (Å²) < 4.78 is 0. The molecule has 2 aromatic carbocycles. The fourth-order valence-electron chi connectivity index (χ4n) is 2.07. The van der Waals surface area contributed by atoms with Crippen LogP contribution in [0.3, 0.4) is 0 Å². The van der Waals surface area contributed by atoms with Gasteiger partial charge in [0.2, 0.25) is 0 Å². The number of amides is 1. The van der Waals surface area contributed by atoms with Crippen molar-refractivity contribution in [2.45, 2.75) is 13.8 Å². The van der Waals surface area contributed by atoms with Gasteiger partial charge in [0.1, 0.15) is 17.4 Å². The molecule has 4 nitrogen and oxygen atoms in total. The van der Waals surface area contributed by atoms with E-state index in [2.05, 4.69) is 5.32 Å². The highest BCUT2D eigenvalue weighted by atomic mass is 16.3. The third kappa shape index (κ3) is 3.74. The summed E-state index contributed by atoms with van der Waals surface area (Å²) in [5.74, 6) is -0.390. The molecular weight excluding hydrogens is 276 g/mol. The highest BCUT2D eigenvalue weighted by Crippen LogP contribution is 2.18. The molecule has 1 amide bonds. The Morgan fingerprint density at radius 1 is 1.23 bits per heavy atom. The number of nitrogens with zero attached hydrogens (tertiary/aromatic N) is 1. The van der Waals surface area contributed by atoms with Gasteiger partial charge < -0.3 is 10.4 Å². The molecule has 2 N–H and O–H groups in total. The van der Waals surface area contributed by atoms with Crippen molar-refractivity contribution in [1.82, 2.24) is 0 Å². The molecule has 0 aliphatic rings. The van der Waals surface area contributed by atoms with Gasteiger partial charge in [0.25, 0.3) is 5.91 Å². The van der Waals surface area contributed by atoms with Crippen molar-refractivity contribution in [3.05, 3.63) is 64.7 Å². The number of hydrogen-bond acceptors (Lipinski definition) is 3. The van der Waals surface area contributed by atoms with Crippen LogP contribution < -0.4 is 5.32 Å². The average Bonchev–Trinajstić information content (AvgIpc) is 2.47. The van der Waals surface area contributed by atoms with Gasteiger partial charge in [-0.15, -0.1) is 0 Å². The van der Waals surface area contributed by atoms with Crippen LogP contribution in [-0.2, 0) is 4.79 Å². The Labute approximate surface area is 129 Å². The number of hydrogen-bond donors (Lipinski definition) is 2. The summed E-state index contributed by atoms with van der Waals surface area (Å²) in [6.45, 7) is 3.87. The maximum absolute atomic E-state index is 12.2. The molecule has 0 saturated heterocycles. The highest BCUT2D eigenvalue weighted by molar-refractivity contribution is 6.10. The lowest BCUT2D eigenvalue weighted by atomic mass is 10.1. The van der Waals surface area contributed by atoms with Crippen LogP contribution in [0.1, 0.15) is 16.7 Å². The molecule has 2 aromatic rings. The molecule has 2 rings (SSSR count). The van der Waals surface area contributed by atoms with Crippen LogP contribution in [0.25, 0.3) is 6.08 Å². The minimum Gasteiger partial charge on any atom is -0.508 e. The molecule has 0 aliphatic carbocycles. The number of carbonyl (C=O) groups excluding carboxylic acids is 1. The van der Waals surface area contributed by atoms with Crippen LogP contribution in [0.15, 0.2) is 48.0 Å². The molecule has 0 saturated carbocycles. The normalized spacial score (nSPS) is 10.9. The number of carbonyl (C=O) groups is 1. The second kappa shape index (κ2) is 6.59. The van der Waals surface area contributed by atoms with E-state index in [0.29, 0.717) is 11.3 Å². The van der Waals surface area contributed by atoms with E-state index in [9.17, 15) is 15.2 Å². The van der Waals surface area contributed by atoms with E-state index >= 15 is 0 Å². The van der Waals surface area contributed by atoms with Crippen molar-refractivity contribution < 1.29 is 9.90 Å². The summed E-state index contributed by atoms with van der Waals surface area (Å²) in [6, 6.07) is 13.9. The van der Waals surface area contributed by atoms with Crippen LogP contribution in [0, 0.1) is 25.2 Å². The van der Waals surface area contributed by atoms with Gasteiger partial charge in [-0.1, -0.05) is 29.8 Å². The Kier molecular flexibility index (Phi) is 4.60. The largest absolute Gasteiger partial charge is 0.508 e. The van der Waals surface area contributed by atoms with Crippen molar-refractivity contribution in [2.24, 2.45) is 0 Å². The Hall–Kier alpha value is -3.06. The van der Waals surface area contributed by atoms with Crippen molar-refractivity contribution >= 4 is 17.7 Å². The molecule has 4 heteroatoms. The number of phenolic OH excluding ortho intramolecular Hbond substituents is 1. The van der Waals surface area contributed by atoms with E-state index in [0.717, 1.165) is 11.1 Å². The molecule has 0 spiro atoms. The molecule has 0 radical (unpaired) electrons. The van der Waals surface area contributed by atoms with Gasteiger partial charge in [-0.2, -0.15) is 5.26 Å². The number of rotatable bonds is 3. The molecule has 110 valence electrons. The third-order valence-electron chi connectivity index (χ3n) is 3.18. The lowest BCUT2D eigenvalue weighted by molar-refractivity contribution is -0.112. The van der Waals surface area contributed by atoms with Gasteiger partial charge in [0.05, 0.1) is 0 Å². The number of phenols is 1. The highest BCUT2D eigenvalue weighted by Gasteiger charge is 2.11. The average molecular weight is 292 g/mol. The van der Waals surface area contributed by atoms with E-state index in [4.69, 9.17) is 0 Å². The Balaban J connectivity index is 2.24. The van der Waals surface area contributed by atoms with Crippen molar-refractivity contribution in [2.75, 3.05) is 5.32 Å². The first-order valence-corrected chi connectivity index (χ1v) is 6.79. The van der Waals surface area contributed by atoms with Gasteiger partial charge >= 0.3 is 0 Å². The Bertz CT molecular complexity index is 786. The van der Waals surface area contributed by atoms with E-state index in [-0.39, 0.29) is 11.3 Å². The fourth-order valence-corrected chi connectivity index (χ4v) is 2.07. The topological polar surface area (TPSA) is 73.1 Å². The van der Waals surface area contributed by atoms with Crippen LogP contribution in [0.2, 0.25) is 0 Å². The molecule has 0 fully saturated rings. The summed E-state index contributed by atoms with van der Waals surface area (Å²) in [4.78, 5) is 12.2. The van der Waals surface area contributed by atoms with E-state index < -0.39 is 5.91 Å². The van der Waals surface area contributed by atoms with Crippen molar-refractivity contribution in [3.8, 4) is 11.8 Å². The van der Waals surface area contributed by atoms with Gasteiger partial charge in [-0.3, -0.25) is 4.79 Å². The van der Waals surface area contributed by atoms with Gasteiger partial charge in [-0.25, -0.2) is 0 Å². The number of anilines is 1. The maximum atomic E-state index is 12.2. The molecule has 0 atom stereocenters. The first kappa shape index (κ1) is 15.3. The maximum Gasteiger partial charge on any atom is 0.266 e. The Morgan fingerprint density at radius 2 is 2.00 bits per heavy atom. The number of aryl methyl sites for hydroxylation is 2. The van der Waals surface area contributed by atoms with Crippen LogP contribution in [-0.4, -0.2) is 11.0 Å². The van der Waals surface area contributed by atoms with Crippen LogP contribution >= 0.6 is 0 Å². The molecule has 0 unspecified atom stereocenters. The molecule has 22 heavy (non-hydrogen) atoms. The lowest BCUT2D eigenvalue weighted by Crippen LogP contribution is -2.14. The van der Waals surface area contributed by atoms with Gasteiger partial charge in [-0.05, 0) is 49.2 Å². The van der Waals surface area contributed by atoms with Crippen LogP contribution in [0.4, 0.5) is 5.69 Å². The Morgan fingerprint density at radius 3 is 2.64 bits per heavy atom. The van der Waals surface area contributed by atoms with Gasteiger partial charge in [0.15, 0.2) is 0 Å². The second-order valence-electron chi connectivity index (χ2n) is 5.04. The van der Waals surface area contributed by atoms with Gasteiger partial charge in [0, 0.05) is 5.69 Å². The summed E-state index contributed by atoms with van der Waals surface area (Å²) in [6.07, 6.45) is 1.44. The lowest BCUT2D eigenvalue weighted by Gasteiger charge is -2.08. The van der Waals surface area contributed by atoms with E-state index in [1.807, 2.05) is 38.1 Å². The SMILES string of the molecule is Cc1ccc(NC(=O)/C(C#N)=C\c2cccc(O)c2)c(C)c1. The standard InChI is InChI=1S/C18H16N2O2/c1-12-6-7-17(13(2)8-12)20-18(22)15(11-19)9-14-4-3-5-16(21)10-14/h3-10,21H,1-2H3,(H,20,22)/b15-9-. The fraction of sp³-hybridized carbons (Fsp3) is 0.111. The minimum atomic E-state index is -0.474. The molecule has 0 heterocycles.